The van der Waals surface area contributed by atoms with E-state index in [1.165, 1.54) is 5.56 Å². The van der Waals surface area contributed by atoms with Gasteiger partial charge in [-0.2, -0.15) is 0 Å². The van der Waals surface area contributed by atoms with Gasteiger partial charge in [-0.05, 0) is 73.4 Å². The minimum absolute atomic E-state index is 0.220. The van der Waals surface area contributed by atoms with E-state index in [9.17, 15) is 4.79 Å². The molecule has 0 radical (unpaired) electrons. The normalized spacial score (nSPS) is 13.5. The van der Waals surface area contributed by atoms with Crippen molar-refractivity contribution in [3.05, 3.63) is 83.7 Å². The number of nitrogens with one attached hydrogen (secondary N) is 1. The highest BCUT2D eigenvalue weighted by Gasteiger charge is 2.21. The molecule has 7 heteroatoms. The van der Waals surface area contributed by atoms with Gasteiger partial charge in [-0.15, -0.1) is 0 Å². The predicted octanol–water partition coefficient (Wildman–Crippen LogP) is 5.57. The Kier molecular flexibility index (Phi) is 7.59. The van der Waals surface area contributed by atoms with Gasteiger partial charge >= 0.3 is 5.97 Å². The van der Waals surface area contributed by atoms with Gasteiger partial charge in [-0.1, -0.05) is 18.2 Å². The lowest BCUT2D eigenvalue weighted by Gasteiger charge is -2.21. The van der Waals surface area contributed by atoms with Crippen LogP contribution >= 0.6 is 0 Å². The number of rotatable bonds is 10. The van der Waals surface area contributed by atoms with Crippen LogP contribution in [-0.4, -0.2) is 42.4 Å². The largest absolute Gasteiger partial charge is 0.497 e. The lowest BCUT2D eigenvalue weighted by molar-refractivity contribution is -0.143. The quantitative estimate of drug-likeness (QED) is 0.288. The van der Waals surface area contributed by atoms with Crippen LogP contribution in [-0.2, 0) is 22.4 Å². The summed E-state index contributed by atoms with van der Waals surface area (Å²) in [4.78, 5) is 17.2. The van der Waals surface area contributed by atoms with Gasteiger partial charge in [-0.25, -0.2) is 4.98 Å². The van der Waals surface area contributed by atoms with Gasteiger partial charge in [0.1, 0.15) is 17.3 Å². The fourth-order valence-corrected chi connectivity index (χ4v) is 4.89. The molecule has 7 nitrogen and oxygen atoms in total. The fraction of sp³-hybridized carbons (Fsp3) is 0.333. The van der Waals surface area contributed by atoms with Crippen LogP contribution in [0.5, 0.6) is 11.5 Å². The van der Waals surface area contributed by atoms with E-state index >= 15 is 0 Å². The summed E-state index contributed by atoms with van der Waals surface area (Å²) >= 11 is 0. The van der Waals surface area contributed by atoms with Crippen LogP contribution in [0.15, 0.2) is 66.9 Å². The number of hydrogen-bond acceptors (Lipinski definition) is 6. The minimum Gasteiger partial charge on any atom is -0.497 e. The van der Waals surface area contributed by atoms with Crippen molar-refractivity contribution in [3.8, 4) is 11.5 Å². The van der Waals surface area contributed by atoms with Gasteiger partial charge in [0, 0.05) is 35.8 Å². The Morgan fingerprint density at radius 3 is 2.89 bits per heavy atom. The molecular formula is C30H33N3O4. The molecule has 2 aromatic carbocycles. The lowest BCUT2D eigenvalue weighted by Crippen LogP contribution is -2.16. The Morgan fingerprint density at radius 2 is 2.03 bits per heavy atom. The van der Waals surface area contributed by atoms with Crippen LogP contribution in [0.3, 0.4) is 0 Å². The Morgan fingerprint density at radius 1 is 1.11 bits per heavy atom. The molecule has 37 heavy (non-hydrogen) atoms. The summed E-state index contributed by atoms with van der Waals surface area (Å²) in [5.41, 5.74) is 4.32. The summed E-state index contributed by atoms with van der Waals surface area (Å²) in [5, 5.41) is 4.44. The molecule has 0 bridgehead atoms. The number of aromatic nitrogens is 2. The molecule has 1 unspecified atom stereocenters. The molecule has 1 aliphatic rings. The molecule has 5 rings (SSSR count). The molecule has 1 atom stereocenters. The van der Waals surface area contributed by atoms with Crippen molar-refractivity contribution in [3.63, 3.8) is 0 Å². The number of pyridine rings is 1. The van der Waals surface area contributed by atoms with E-state index in [1.807, 2.05) is 55.6 Å². The van der Waals surface area contributed by atoms with Gasteiger partial charge in [0.05, 0.1) is 32.8 Å². The summed E-state index contributed by atoms with van der Waals surface area (Å²) < 4.78 is 18.9. The second kappa shape index (κ2) is 11.4. The fourth-order valence-electron chi connectivity index (χ4n) is 4.89. The molecular weight excluding hydrogens is 466 g/mol. The molecule has 2 aromatic heterocycles. The maximum atomic E-state index is 12.5. The molecule has 0 fully saturated rings. The molecule has 1 N–H and O–H groups in total. The monoisotopic (exact) mass is 499 g/mol. The first-order valence-corrected chi connectivity index (χ1v) is 12.9. The first-order chi connectivity index (χ1) is 18.1. The standard InChI is InChI=1S/C30H33N3O4/c1-3-36-29(34)20-28(22-6-4-8-25(18-22)35-2)33-16-13-23-19-26(11-12-27(23)33)37-17-14-24-10-9-21-7-5-15-31-30(21)32-24/h4,6,8-13,16,18-19,28H,3,5,7,14-15,17,20H2,1-2H3,(H,31,32). The highest BCUT2D eigenvalue weighted by Crippen LogP contribution is 2.32. The minimum atomic E-state index is -0.233. The Labute approximate surface area is 217 Å². The van der Waals surface area contributed by atoms with Crippen molar-refractivity contribution < 1.29 is 19.0 Å². The SMILES string of the molecule is CCOC(=O)CC(c1cccc(OC)c1)n1ccc2cc(OCCc3ccc4c(n3)NCCC4)ccc21. The van der Waals surface area contributed by atoms with Crippen molar-refractivity contribution in [1.29, 1.82) is 0 Å². The van der Waals surface area contributed by atoms with Gasteiger partial charge in [0.2, 0.25) is 0 Å². The predicted molar refractivity (Wildman–Crippen MR) is 145 cm³/mol. The van der Waals surface area contributed by atoms with E-state index in [1.54, 1.807) is 7.11 Å². The highest BCUT2D eigenvalue weighted by molar-refractivity contribution is 5.82. The Bertz CT molecular complexity index is 1380. The average Bonchev–Trinajstić information content (AvgIpc) is 3.35. The van der Waals surface area contributed by atoms with Crippen molar-refractivity contribution in [2.75, 3.05) is 32.2 Å². The summed E-state index contributed by atoms with van der Waals surface area (Å²) in [6, 6.07) is 20.0. The third-order valence-corrected chi connectivity index (χ3v) is 6.75. The Balaban J connectivity index is 1.32. The van der Waals surface area contributed by atoms with Crippen LogP contribution in [0.2, 0.25) is 0 Å². The average molecular weight is 500 g/mol. The van der Waals surface area contributed by atoms with Gasteiger partial charge in [0.15, 0.2) is 0 Å². The van der Waals surface area contributed by atoms with E-state index in [4.69, 9.17) is 19.2 Å². The van der Waals surface area contributed by atoms with E-state index in [2.05, 4.69) is 28.1 Å². The van der Waals surface area contributed by atoms with E-state index in [0.29, 0.717) is 13.2 Å². The van der Waals surface area contributed by atoms with Gasteiger partial charge in [-0.3, -0.25) is 4.79 Å². The smallest absolute Gasteiger partial charge is 0.308 e. The van der Waals surface area contributed by atoms with Crippen molar-refractivity contribution in [2.24, 2.45) is 0 Å². The number of esters is 1. The molecule has 0 aliphatic carbocycles. The summed E-state index contributed by atoms with van der Waals surface area (Å²) in [6.45, 7) is 3.71. The van der Waals surface area contributed by atoms with Crippen molar-refractivity contribution in [1.82, 2.24) is 9.55 Å². The van der Waals surface area contributed by atoms with Crippen LogP contribution in [0.4, 0.5) is 5.82 Å². The summed E-state index contributed by atoms with van der Waals surface area (Å²) in [6.07, 6.45) is 5.23. The first kappa shape index (κ1) is 24.7. The zero-order valence-electron chi connectivity index (χ0n) is 21.4. The number of fused-ring (bicyclic) bond motifs is 2. The molecule has 0 saturated carbocycles. The van der Waals surface area contributed by atoms with Gasteiger partial charge in [0.25, 0.3) is 0 Å². The third-order valence-electron chi connectivity index (χ3n) is 6.75. The summed E-state index contributed by atoms with van der Waals surface area (Å²) in [7, 11) is 1.64. The lowest BCUT2D eigenvalue weighted by atomic mass is 10.0. The molecule has 1 aliphatic heterocycles. The molecule has 0 spiro atoms. The number of carbonyl (C=O) groups excluding carboxylic acids is 1. The number of methoxy groups -OCH3 is 1. The number of anilines is 1. The summed E-state index contributed by atoms with van der Waals surface area (Å²) in [5.74, 6) is 2.34. The molecule has 3 heterocycles. The maximum Gasteiger partial charge on any atom is 0.308 e. The zero-order chi connectivity index (χ0) is 25.6. The van der Waals surface area contributed by atoms with Crippen LogP contribution in [0.1, 0.15) is 42.6 Å². The van der Waals surface area contributed by atoms with Gasteiger partial charge < -0.3 is 24.1 Å². The number of carbonyl (C=O) groups is 1. The van der Waals surface area contributed by atoms with Crippen molar-refractivity contribution >= 4 is 22.7 Å². The Hall–Kier alpha value is -4.00. The number of nitrogens with zero attached hydrogens (tertiary/aromatic N) is 2. The number of aryl methyl sites for hydroxylation is 1. The second-order valence-corrected chi connectivity index (χ2v) is 9.18. The zero-order valence-corrected chi connectivity index (χ0v) is 21.4. The topological polar surface area (TPSA) is 74.6 Å². The number of benzene rings is 2. The van der Waals surface area contributed by atoms with E-state index in [-0.39, 0.29) is 18.4 Å². The van der Waals surface area contributed by atoms with Crippen LogP contribution in [0, 0.1) is 0 Å². The molecule has 0 amide bonds. The van der Waals surface area contributed by atoms with Crippen LogP contribution < -0.4 is 14.8 Å². The molecule has 4 aromatic rings. The first-order valence-electron chi connectivity index (χ1n) is 12.9. The number of ether oxygens (including phenoxy) is 3. The molecule has 192 valence electrons. The van der Waals surface area contributed by atoms with E-state index < -0.39 is 0 Å². The third kappa shape index (κ3) is 5.71. The second-order valence-electron chi connectivity index (χ2n) is 9.18. The van der Waals surface area contributed by atoms with Crippen LogP contribution in [0.25, 0.3) is 10.9 Å². The number of hydrogen-bond donors (Lipinski definition) is 1. The maximum absolute atomic E-state index is 12.5. The van der Waals surface area contributed by atoms with Crippen molar-refractivity contribution in [2.45, 2.75) is 38.6 Å². The van der Waals surface area contributed by atoms with E-state index in [0.717, 1.165) is 65.3 Å². The molecule has 0 saturated heterocycles. The highest BCUT2D eigenvalue weighted by atomic mass is 16.5.